The molecule has 5 nitrogen and oxygen atoms in total. The molecule has 0 saturated heterocycles. The Kier molecular flexibility index (Phi) is 3.45. The zero-order chi connectivity index (χ0) is 15.2. The Morgan fingerprint density at radius 1 is 1.33 bits per heavy atom. The van der Waals surface area contributed by atoms with Crippen molar-refractivity contribution in [2.24, 2.45) is 0 Å². The van der Waals surface area contributed by atoms with Gasteiger partial charge in [-0.3, -0.25) is 9.40 Å². The first kappa shape index (κ1) is 14.4. The molecule has 1 aliphatic rings. The van der Waals surface area contributed by atoms with E-state index in [9.17, 15) is 8.42 Å². The van der Waals surface area contributed by atoms with Crippen LogP contribution in [0.4, 0.5) is 5.69 Å². The fraction of sp³-hybridized carbons (Fsp3) is 0.357. The lowest BCUT2D eigenvalue weighted by Gasteiger charge is -2.30. The average Bonchev–Trinajstić information content (AvgIpc) is 2.77. The van der Waals surface area contributed by atoms with Gasteiger partial charge in [-0.25, -0.2) is 8.42 Å². The third kappa shape index (κ3) is 2.32. The van der Waals surface area contributed by atoms with Crippen LogP contribution in [0.25, 0.3) is 0 Å². The van der Waals surface area contributed by atoms with E-state index in [2.05, 4.69) is 10.2 Å². The van der Waals surface area contributed by atoms with Gasteiger partial charge in [-0.15, -0.1) is 0 Å². The van der Waals surface area contributed by atoms with Gasteiger partial charge in [0.2, 0.25) is 0 Å². The summed E-state index contributed by atoms with van der Waals surface area (Å²) in [6.07, 6.45) is 1.62. The molecule has 2 heterocycles. The standard InChI is InChI=1S/C14H16ClN3O2S/c1-9-14(10(2)17-16-9)21(19,20)18-7-3-4-11-8-12(15)5-6-13(11)18/h5-6,8H,3-4,7H2,1-2H3,(H,16,17). The van der Waals surface area contributed by atoms with Crippen LogP contribution in [0.2, 0.25) is 5.02 Å². The highest BCUT2D eigenvalue weighted by molar-refractivity contribution is 7.93. The van der Waals surface area contributed by atoms with Crippen LogP contribution >= 0.6 is 11.6 Å². The van der Waals surface area contributed by atoms with Crippen LogP contribution in [0.15, 0.2) is 23.1 Å². The van der Waals surface area contributed by atoms with Gasteiger partial charge in [-0.2, -0.15) is 5.10 Å². The highest BCUT2D eigenvalue weighted by Gasteiger charge is 2.32. The smallest absolute Gasteiger partial charge is 0.267 e. The molecule has 0 radical (unpaired) electrons. The first-order chi connectivity index (χ1) is 9.91. The summed E-state index contributed by atoms with van der Waals surface area (Å²) in [5, 5.41) is 7.36. The zero-order valence-electron chi connectivity index (χ0n) is 11.9. The van der Waals surface area contributed by atoms with Crippen molar-refractivity contribution in [2.75, 3.05) is 10.8 Å². The van der Waals surface area contributed by atoms with Gasteiger partial charge in [0.15, 0.2) is 0 Å². The molecule has 0 atom stereocenters. The Hall–Kier alpha value is -1.53. The number of anilines is 1. The van der Waals surface area contributed by atoms with Gasteiger partial charge in [-0.05, 0) is 50.5 Å². The molecule has 0 aliphatic carbocycles. The quantitative estimate of drug-likeness (QED) is 0.923. The maximum Gasteiger partial charge on any atom is 0.267 e. The second-order valence-electron chi connectivity index (χ2n) is 5.22. The first-order valence-electron chi connectivity index (χ1n) is 6.74. The number of aromatic nitrogens is 2. The van der Waals surface area contributed by atoms with Crippen LogP contribution < -0.4 is 4.31 Å². The number of sulfonamides is 1. The normalized spacial score (nSPS) is 15.1. The minimum absolute atomic E-state index is 0.269. The lowest BCUT2D eigenvalue weighted by atomic mass is 10.0. The van der Waals surface area contributed by atoms with Crippen molar-refractivity contribution in [2.45, 2.75) is 31.6 Å². The minimum atomic E-state index is -3.61. The molecule has 1 aliphatic heterocycles. The van der Waals surface area contributed by atoms with Gasteiger partial charge in [0.05, 0.1) is 17.1 Å². The van der Waals surface area contributed by atoms with Gasteiger partial charge >= 0.3 is 0 Å². The van der Waals surface area contributed by atoms with Crippen molar-refractivity contribution in [1.82, 2.24) is 10.2 Å². The van der Waals surface area contributed by atoms with Crippen LogP contribution in [-0.4, -0.2) is 25.2 Å². The van der Waals surface area contributed by atoms with Crippen LogP contribution in [0.3, 0.4) is 0 Å². The number of H-pyrrole nitrogens is 1. The fourth-order valence-electron chi connectivity index (χ4n) is 2.81. The van der Waals surface area contributed by atoms with E-state index in [1.807, 2.05) is 6.07 Å². The fourth-order valence-corrected chi connectivity index (χ4v) is 4.88. The molecule has 0 fully saturated rings. The van der Waals surface area contributed by atoms with Crippen molar-refractivity contribution in [3.05, 3.63) is 40.2 Å². The number of rotatable bonds is 2. The molecule has 112 valence electrons. The maximum absolute atomic E-state index is 13.0. The summed E-state index contributed by atoms with van der Waals surface area (Å²) in [5.74, 6) is 0. The minimum Gasteiger partial charge on any atom is -0.281 e. The highest BCUT2D eigenvalue weighted by Crippen LogP contribution is 2.34. The molecule has 1 N–H and O–H groups in total. The highest BCUT2D eigenvalue weighted by atomic mass is 35.5. The zero-order valence-corrected chi connectivity index (χ0v) is 13.4. The third-order valence-electron chi connectivity index (χ3n) is 3.73. The van der Waals surface area contributed by atoms with Crippen LogP contribution in [0.1, 0.15) is 23.4 Å². The molecule has 2 aromatic rings. The van der Waals surface area contributed by atoms with Gasteiger partial charge < -0.3 is 0 Å². The molecule has 21 heavy (non-hydrogen) atoms. The molecular formula is C14H16ClN3O2S. The number of benzene rings is 1. The number of nitrogens with zero attached hydrogens (tertiary/aromatic N) is 2. The predicted octanol–water partition coefficient (Wildman–Crippen LogP) is 2.82. The summed E-state index contributed by atoms with van der Waals surface area (Å²) >= 11 is 6.01. The summed E-state index contributed by atoms with van der Waals surface area (Å²) in [6.45, 7) is 3.89. The molecule has 0 unspecified atom stereocenters. The summed E-state index contributed by atoms with van der Waals surface area (Å²) in [7, 11) is -3.61. The monoisotopic (exact) mass is 325 g/mol. The number of aromatic amines is 1. The maximum atomic E-state index is 13.0. The Balaban J connectivity index is 2.14. The van der Waals surface area contributed by atoms with Gasteiger partial charge in [-0.1, -0.05) is 11.6 Å². The number of fused-ring (bicyclic) bond motifs is 1. The third-order valence-corrected chi connectivity index (χ3v) is 6.04. The average molecular weight is 326 g/mol. The van der Waals surface area contributed by atoms with E-state index in [-0.39, 0.29) is 4.90 Å². The van der Waals surface area contributed by atoms with Gasteiger partial charge in [0.1, 0.15) is 4.90 Å². The Morgan fingerprint density at radius 3 is 2.76 bits per heavy atom. The summed E-state index contributed by atoms with van der Waals surface area (Å²) in [6, 6.07) is 5.34. The second-order valence-corrected chi connectivity index (χ2v) is 7.45. The van der Waals surface area contributed by atoms with E-state index in [0.717, 1.165) is 18.4 Å². The van der Waals surface area contributed by atoms with Crippen molar-refractivity contribution in [3.8, 4) is 0 Å². The van der Waals surface area contributed by atoms with Crippen LogP contribution in [0, 0.1) is 13.8 Å². The molecule has 0 spiro atoms. The molecule has 0 bridgehead atoms. The Labute approximate surface area is 129 Å². The summed E-state index contributed by atoms with van der Waals surface area (Å²) in [4.78, 5) is 0.269. The molecule has 1 aromatic carbocycles. The Morgan fingerprint density at radius 2 is 2.10 bits per heavy atom. The molecule has 1 aromatic heterocycles. The largest absolute Gasteiger partial charge is 0.281 e. The van der Waals surface area contributed by atoms with Crippen LogP contribution in [0.5, 0.6) is 0 Å². The van der Waals surface area contributed by atoms with E-state index < -0.39 is 10.0 Å². The SMILES string of the molecule is Cc1n[nH]c(C)c1S(=O)(=O)N1CCCc2cc(Cl)ccc21. The first-order valence-corrected chi connectivity index (χ1v) is 8.56. The van der Waals surface area contributed by atoms with Gasteiger partial charge in [0.25, 0.3) is 10.0 Å². The summed E-state index contributed by atoms with van der Waals surface area (Å²) < 4.78 is 27.4. The predicted molar refractivity (Wildman–Crippen MR) is 82.4 cm³/mol. The van der Waals surface area contributed by atoms with Crippen molar-refractivity contribution < 1.29 is 8.42 Å². The van der Waals surface area contributed by atoms with E-state index in [4.69, 9.17) is 11.6 Å². The number of aryl methyl sites for hydroxylation is 3. The molecule has 0 amide bonds. The molecule has 7 heteroatoms. The Bertz CT molecular complexity index is 779. The van der Waals surface area contributed by atoms with Crippen molar-refractivity contribution >= 4 is 27.3 Å². The van der Waals surface area contributed by atoms with Crippen molar-refractivity contribution in [3.63, 3.8) is 0 Å². The molecular weight excluding hydrogens is 310 g/mol. The van der Waals surface area contributed by atoms with Crippen LogP contribution in [-0.2, 0) is 16.4 Å². The lowest BCUT2D eigenvalue weighted by molar-refractivity contribution is 0.585. The lowest BCUT2D eigenvalue weighted by Crippen LogP contribution is -2.36. The number of nitrogens with one attached hydrogen (secondary N) is 1. The van der Waals surface area contributed by atoms with Crippen molar-refractivity contribution in [1.29, 1.82) is 0 Å². The van der Waals surface area contributed by atoms with E-state index >= 15 is 0 Å². The van der Waals surface area contributed by atoms with E-state index in [1.165, 1.54) is 4.31 Å². The number of hydrogen-bond acceptors (Lipinski definition) is 3. The van der Waals surface area contributed by atoms with E-state index in [0.29, 0.717) is 28.6 Å². The second kappa shape index (κ2) is 5.03. The number of halogens is 1. The van der Waals surface area contributed by atoms with E-state index in [1.54, 1.807) is 26.0 Å². The molecule has 0 saturated carbocycles. The summed E-state index contributed by atoms with van der Waals surface area (Å²) in [5.41, 5.74) is 2.74. The molecule has 3 rings (SSSR count). The van der Waals surface area contributed by atoms with Gasteiger partial charge in [0, 0.05) is 11.6 Å². The topological polar surface area (TPSA) is 66.1 Å². The number of hydrogen-bond donors (Lipinski definition) is 1.